The molecule has 196 valence electrons. The van der Waals surface area contributed by atoms with E-state index in [1.54, 1.807) is 6.33 Å². The summed E-state index contributed by atoms with van der Waals surface area (Å²) in [5, 5.41) is 1.33. The fraction of sp³-hybridized carbons (Fsp3) is 0.333. The first-order valence-corrected chi connectivity index (χ1v) is 16.7. The molecule has 0 saturated carbocycles. The van der Waals surface area contributed by atoms with Crippen LogP contribution in [0.3, 0.4) is 0 Å². The molecule has 2 aromatic heterocycles. The van der Waals surface area contributed by atoms with E-state index in [1.807, 2.05) is 54.0 Å². The van der Waals surface area contributed by atoms with Gasteiger partial charge in [0.15, 0.2) is 4.88 Å². The fourth-order valence-corrected chi connectivity index (χ4v) is 6.31. The summed E-state index contributed by atoms with van der Waals surface area (Å²) in [7, 11) is -0.730. The number of halogens is 2. The Labute approximate surface area is 235 Å². The molecule has 0 aliphatic heterocycles. The van der Waals surface area contributed by atoms with Gasteiger partial charge in [0.25, 0.3) is 8.32 Å². The van der Waals surface area contributed by atoms with Crippen molar-refractivity contribution in [3.8, 4) is 16.5 Å². The normalized spacial score (nSPS) is 13.0. The van der Waals surface area contributed by atoms with Crippen molar-refractivity contribution < 1.29 is 18.7 Å². The molecule has 0 spiro atoms. The van der Waals surface area contributed by atoms with Gasteiger partial charge in [-0.15, -0.1) is 11.3 Å². The van der Waals surface area contributed by atoms with Crippen LogP contribution >= 0.6 is 38.9 Å². The number of imidazole rings is 1. The van der Waals surface area contributed by atoms with Crippen molar-refractivity contribution in [1.82, 2.24) is 9.55 Å². The highest BCUT2D eigenvalue weighted by molar-refractivity contribution is 9.10. The van der Waals surface area contributed by atoms with Crippen LogP contribution in [0, 0.1) is 0 Å². The highest BCUT2D eigenvalue weighted by atomic mass is 79.9. The third-order valence-electron chi connectivity index (χ3n) is 6.71. The van der Waals surface area contributed by atoms with Gasteiger partial charge >= 0.3 is 5.97 Å². The zero-order valence-corrected chi connectivity index (χ0v) is 26.0. The largest absolute Gasteiger partial charge is 0.542 e. The maximum Gasteiger partial charge on any atom is 0.351 e. The molecule has 0 N–H and O–H groups in total. The summed E-state index contributed by atoms with van der Waals surface area (Å²) in [6, 6.07) is 13.4. The lowest BCUT2D eigenvalue weighted by Crippen LogP contribution is -2.44. The molecule has 2 heterocycles. The van der Waals surface area contributed by atoms with Gasteiger partial charge in [-0.05, 0) is 49.3 Å². The number of rotatable bonds is 7. The van der Waals surface area contributed by atoms with Gasteiger partial charge in [0.05, 0.1) is 23.2 Å². The number of nitrogens with zero attached hydrogens (tertiary/aromatic N) is 2. The predicted octanol–water partition coefficient (Wildman–Crippen LogP) is 8.81. The molecule has 0 fully saturated rings. The average molecular weight is 622 g/mol. The number of benzene rings is 2. The second kappa shape index (κ2) is 10.4. The predicted molar refractivity (Wildman–Crippen MR) is 156 cm³/mol. The number of methoxy groups -OCH3 is 1. The molecular weight excluding hydrogens is 592 g/mol. The quantitative estimate of drug-likeness (QED) is 0.152. The molecule has 4 rings (SSSR count). The fourth-order valence-electron chi connectivity index (χ4n) is 3.56. The van der Waals surface area contributed by atoms with Crippen LogP contribution in [-0.2, 0) is 4.74 Å². The second-order valence-corrected chi connectivity index (χ2v) is 17.3. The summed E-state index contributed by atoms with van der Waals surface area (Å²) in [6.45, 7) is 12.8. The molecule has 0 saturated heterocycles. The Kier molecular flexibility index (Phi) is 7.81. The molecule has 0 radical (unpaired) electrons. The van der Waals surface area contributed by atoms with Crippen molar-refractivity contribution in [2.45, 2.75) is 51.9 Å². The Morgan fingerprint density at radius 3 is 2.57 bits per heavy atom. The molecule has 37 heavy (non-hydrogen) atoms. The number of esters is 1. The number of carbonyl (C=O) groups excluding carboxylic acids is 1. The molecule has 0 amide bonds. The van der Waals surface area contributed by atoms with E-state index in [2.05, 4.69) is 54.8 Å². The van der Waals surface area contributed by atoms with E-state index in [4.69, 9.17) is 25.5 Å². The molecular formula is C27H30BrClN2O4SSi. The van der Waals surface area contributed by atoms with Crippen LogP contribution in [0.4, 0.5) is 0 Å². The summed E-state index contributed by atoms with van der Waals surface area (Å²) in [5.41, 5.74) is 2.53. The van der Waals surface area contributed by atoms with Crippen LogP contribution in [0.5, 0.6) is 11.5 Å². The summed E-state index contributed by atoms with van der Waals surface area (Å²) in [5.74, 6) is 0.601. The van der Waals surface area contributed by atoms with Crippen LogP contribution in [-0.4, -0.2) is 30.9 Å². The molecule has 2 aromatic carbocycles. The van der Waals surface area contributed by atoms with E-state index in [0.717, 1.165) is 26.1 Å². The monoisotopic (exact) mass is 620 g/mol. The third kappa shape index (κ3) is 5.60. The van der Waals surface area contributed by atoms with Crippen molar-refractivity contribution in [3.05, 3.63) is 68.7 Å². The smallest absolute Gasteiger partial charge is 0.351 e. The Hall–Kier alpha value is -2.33. The molecule has 6 nitrogen and oxygen atoms in total. The van der Waals surface area contributed by atoms with Crippen LogP contribution in [0.25, 0.3) is 16.0 Å². The second-order valence-electron chi connectivity index (χ2n) is 10.3. The van der Waals surface area contributed by atoms with Gasteiger partial charge in [-0.3, -0.25) is 4.57 Å². The van der Waals surface area contributed by atoms with Crippen molar-refractivity contribution >= 4 is 64.2 Å². The lowest BCUT2D eigenvalue weighted by molar-refractivity contribution is 0.0600. The van der Waals surface area contributed by atoms with E-state index in [0.29, 0.717) is 21.4 Å². The number of fused-ring (bicyclic) bond motifs is 1. The van der Waals surface area contributed by atoms with Gasteiger partial charge in [0.2, 0.25) is 0 Å². The highest BCUT2D eigenvalue weighted by Crippen LogP contribution is 2.42. The van der Waals surface area contributed by atoms with Crippen molar-refractivity contribution in [2.75, 3.05) is 7.11 Å². The number of thiophene rings is 1. The Morgan fingerprint density at radius 2 is 1.89 bits per heavy atom. The highest BCUT2D eigenvalue weighted by Gasteiger charge is 2.39. The van der Waals surface area contributed by atoms with Crippen LogP contribution in [0.2, 0.25) is 23.2 Å². The summed E-state index contributed by atoms with van der Waals surface area (Å²) in [4.78, 5) is 17.5. The van der Waals surface area contributed by atoms with Crippen molar-refractivity contribution in [1.29, 1.82) is 0 Å². The van der Waals surface area contributed by atoms with Crippen LogP contribution < -0.4 is 9.16 Å². The first-order chi connectivity index (χ1) is 17.3. The minimum Gasteiger partial charge on any atom is -0.542 e. The summed E-state index contributed by atoms with van der Waals surface area (Å²) >= 11 is 11.6. The van der Waals surface area contributed by atoms with Gasteiger partial charge in [0, 0.05) is 16.1 Å². The molecule has 0 aliphatic rings. The number of hydrogen-bond acceptors (Lipinski definition) is 6. The van der Waals surface area contributed by atoms with Crippen LogP contribution in [0.15, 0.2) is 53.3 Å². The zero-order chi connectivity index (χ0) is 27.1. The minimum absolute atomic E-state index is 0.0318. The standard InChI is InChI=1S/C27H30BrClN2O4SSi/c1-16(18-9-8-10-21(24(18)29)35-37(6,7)27(2,3)4)34-22-14-23(36-25(22)26(32)33-5)31-15-30-19-12-11-17(28)13-20(19)31/h8-16H,1-7H3/t16-/m1/s1. The number of hydrogen-bond donors (Lipinski definition) is 0. The number of carbonyl (C=O) groups is 1. The zero-order valence-electron chi connectivity index (χ0n) is 21.9. The average Bonchev–Trinajstić information content (AvgIpc) is 3.42. The first kappa shape index (κ1) is 27.7. The SMILES string of the molecule is COC(=O)c1sc(-n2cnc3ccc(Br)cc32)cc1O[C@H](C)c1cccc(O[Si](C)(C)C(C)(C)C)c1Cl. The Balaban J connectivity index is 1.68. The van der Waals surface area contributed by atoms with E-state index in [-0.39, 0.29) is 5.04 Å². The van der Waals surface area contributed by atoms with E-state index >= 15 is 0 Å². The molecule has 0 aliphatic carbocycles. The topological polar surface area (TPSA) is 62.6 Å². The van der Waals surface area contributed by atoms with Gasteiger partial charge in [-0.2, -0.15) is 0 Å². The number of ether oxygens (including phenoxy) is 2. The number of aromatic nitrogens is 2. The van der Waals surface area contributed by atoms with Gasteiger partial charge in [-0.1, -0.05) is 60.4 Å². The van der Waals surface area contributed by atoms with Crippen molar-refractivity contribution in [2.24, 2.45) is 0 Å². The van der Waals surface area contributed by atoms with E-state index in [9.17, 15) is 4.79 Å². The molecule has 1 atom stereocenters. The molecule has 4 aromatic rings. The summed E-state index contributed by atoms with van der Waals surface area (Å²) < 4.78 is 20.7. The lowest BCUT2D eigenvalue weighted by atomic mass is 10.1. The lowest BCUT2D eigenvalue weighted by Gasteiger charge is -2.37. The van der Waals surface area contributed by atoms with Crippen LogP contribution in [0.1, 0.15) is 49.0 Å². The summed E-state index contributed by atoms with van der Waals surface area (Å²) in [6.07, 6.45) is 1.28. The Bertz CT molecular complexity index is 1460. The van der Waals surface area contributed by atoms with Gasteiger partial charge < -0.3 is 13.9 Å². The minimum atomic E-state index is -2.09. The molecule has 0 bridgehead atoms. The third-order valence-corrected chi connectivity index (χ3v) is 13.0. The van der Waals surface area contributed by atoms with Gasteiger partial charge in [0.1, 0.15) is 28.9 Å². The Morgan fingerprint density at radius 1 is 1.16 bits per heavy atom. The molecule has 10 heteroatoms. The maximum atomic E-state index is 12.7. The van der Waals surface area contributed by atoms with E-state index < -0.39 is 20.4 Å². The maximum absolute atomic E-state index is 12.7. The van der Waals surface area contributed by atoms with E-state index in [1.165, 1.54) is 18.4 Å². The first-order valence-electron chi connectivity index (χ1n) is 11.8. The van der Waals surface area contributed by atoms with Gasteiger partial charge in [-0.25, -0.2) is 9.78 Å². The molecule has 0 unspecified atom stereocenters. The van der Waals surface area contributed by atoms with Crippen molar-refractivity contribution in [3.63, 3.8) is 0 Å².